The van der Waals surface area contributed by atoms with Crippen molar-refractivity contribution in [1.29, 1.82) is 0 Å². The van der Waals surface area contributed by atoms with E-state index in [4.69, 9.17) is 9.47 Å². The van der Waals surface area contributed by atoms with Crippen molar-refractivity contribution in [3.63, 3.8) is 0 Å². The van der Waals surface area contributed by atoms with Crippen molar-refractivity contribution in [2.24, 2.45) is 7.05 Å². The van der Waals surface area contributed by atoms with Gasteiger partial charge in [0.25, 0.3) is 5.69 Å². The van der Waals surface area contributed by atoms with Gasteiger partial charge in [0.1, 0.15) is 0 Å². The van der Waals surface area contributed by atoms with E-state index in [0.29, 0.717) is 29.6 Å². The molecule has 0 radical (unpaired) electrons. The molecule has 3 aromatic rings. The first kappa shape index (κ1) is 19.0. The van der Waals surface area contributed by atoms with Crippen LogP contribution in [0.3, 0.4) is 0 Å². The van der Waals surface area contributed by atoms with Crippen molar-refractivity contribution >= 4 is 11.6 Å². The van der Waals surface area contributed by atoms with Crippen LogP contribution in [0.2, 0.25) is 0 Å². The third kappa shape index (κ3) is 3.68. The first-order valence-electron chi connectivity index (χ1n) is 8.39. The van der Waals surface area contributed by atoms with Gasteiger partial charge in [-0.25, -0.2) is 4.98 Å². The Morgan fingerprint density at radius 2 is 1.89 bits per heavy atom. The molecule has 2 aromatic carbocycles. The number of phenolic OH excluding ortho intramolecular Hbond substituents is 1. The van der Waals surface area contributed by atoms with Crippen LogP contribution >= 0.6 is 0 Å². The fourth-order valence-corrected chi connectivity index (χ4v) is 2.85. The van der Waals surface area contributed by atoms with Crippen molar-refractivity contribution in [1.82, 2.24) is 9.55 Å². The largest absolute Gasteiger partial charge is 0.502 e. The van der Waals surface area contributed by atoms with Gasteiger partial charge in [0.05, 0.1) is 31.0 Å². The summed E-state index contributed by atoms with van der Waals surface area (Å²) >= 11 is 0. The Bertz CT molecular complexity index is 990. The van der Waals surface area contributed by atoms with Crippen LogP contribution in [0.4, 0.5) is 11.6 Å². The van der Waals surface area contributed by atoms with Gasteiger partial charge in [0.15, 0.2) is 11.5 Å². The molecule has 0 saturated heterocycles. The number of benzene rings is 2. The van der Waals surface area contributed by atoms with E-state index >= 15 is 0 Å². The number of hydrogen-bond acceptors (Lipinski definition) is 7. The van der Waals surface area contributed by atoms with Crippen LogP contribution in [-0.4, -0.2) is 33.8 Å². The number of methoxy groups -OCH3 is 2. The second-order valence-corrected chi connectivity index (χ2v) is 6.04. The maximum atomic E-state index is 11.0. The average molecular weight is 384 g/mol. The summed E-state index contributed by atoms with van der Waals surface area (Å²) in [7, 11) is 4.76. The minimum absolute atomic E-state index is 0.0245. The Morgan fingerprint density at radius 3 is 2.50 bits per heavy atom. The molecule has 146 valence electrons. The highest BCUT2D eigenvalue weighted by molar-refractivity contribution is 5.64. The number of non-ortho nitro benzene ring substituents is 1. The molecule has 2 N–H and O–H groups in total. The van der Waals surface area contributed by atoms with Gasteiger partial charge in [-0.2, -0.15) is 0 Å². The monoisotopic (exact) mass is 384 g/mol. The molecular formula is C19H20N4O5. The molecule has 0 saturated carbocycles. The zero-order chi connectivity index (χ0) is 20.3. The number of nitrogens with one attached hydrogen (secondary N) is 1. The number of nitro benzene ring substituents is 1. The van der Waals surface area contributed by atoms with Crippen molar-refractivity contribution in [2.75, 3.05) is 19.5 Å². The summed E-state index contributed by atoms with van der Waals surface area (Å²) in [6.45, 7) is 0.409. The van der Waals surface area contributed by atoms with Crippen LogP contribution in [0.25, 0.3) is 11.3 Å². The van der Waals surface area contributed by atoms with E-state index < -0.39 is 4.92 Å². The fourth-order valence-electron chi connectivity index (χ4n) is 2.85. The summed E-state index contributed by atoms with van der Waals surface area (Å²) in [4.78, 5) is 14.9. The minimum atomic E-state index is -0.426. The van der Waals surface area contributed by atoms with Crippen LogP contribution in [0.15, 0.2) is 42.6 Å². The number of aromatic nitrogens is 2. The topological polar surface area (TPSA) is 112 Å². The highest BCUT2D eigenvalue weighted by atomic mass is 16.6. The van der Waals surface area contributed by atoms with Crippen LogP contribution in [-0.2, 0) is 13.6 Å². The normalized spacial score (nSPS) is 10.5. The highest BCUT2D eigenvalue weighted by Crippen LogP contribution is 2.37. The van der Waals surface area contributed by atoms with E-state index in [1.807, 2.05) is 11.6 Å². The Morgan fingerprint density at radius 1 is 1.21 bits per heavy atom. The van der Waals surface area contributed by atoms with Crippen LogP contribution < -0.4 is 14.8 Å². The molecule has 0 spiro atoms. The Labute approximate surface area is 161 Å². The van der Waals surface area contributed by atoms with E-state index in [2.05, 4.69) is 10.3 Å². The van der Waals surface area contributed by atoms with Crippen molar-refractivity contribution in [2.45, 2.75) is 6.54 Å². The summed E-state index contributed by atoms with van der Waals surface area (Å²) in [5.74, 6) is 1.16. The van der Waals surface area contributed by atoms with Crippen LogP contribution in [0, 0.1) is 10.1 Å². The second kappa shape index (κ2) is 7.87. The first-order valence-corrected chi connectivity index (χ1v) is 8.39. The molecule has 1 aromatic heterocycles. The molecule has 0 aliphatic carbocycles. The number of nitrogens with zero attached hydrogens (tertiary/aromatic N) is 3. The number of nitro groups is 1. The lowest BCUT2D eigenvalue weighted by molar-refractivity contribution is -0.384. The molecule has 0 amide bonds. The summed E-state index contributed by atoms with van der Waals surface area (Å²) in [6, 6.07) is 9.80. The van der Waals surface area contributed by atoms with E-state index in [-0.39, 0.29) is 11.4 Å². The summed E-state index contributed by atoms with van der Waals surface area (Å²) in [6.07, 6.45) is 1.65. The van der Waals surface area contributed by atoms with Crippen molar-refractivity contribution in [3.8, 4) is 28.5 Å². The molecule has 3 rings (SSSR count). The molecule has 9 nitrogen and oxygen atoms in total. The van der Waals surface area contributed by atoms with Crippen molar-refractivity contribution < 1.29 is 19.5 Å². The van der Waals surface area contributed by atoms with Crippen LogP contribution in [0.5, 0.6) is 17.2 Å². The molecule has 0 aliphatic heterocycles. The molecule has 9 heteroatoms. The predicted octanol–water partition coefficient (Wildman–Crippen LogP) is 3.33. The molecule has 0 bridgehead atoms. The lowest BCUT2D eigenvalue weighted by Crippen LogP contribution is -2.06. The standard InChI is InChI=1S/C19H20N4O5/c1-22-15(13-5-4-6-14(9-13)23(25)26)11-21-19(22)20-10-12-7-16(27-2)18(24)17(8-12)28-3/h4-9,11,24H,10H2,1-3H3,(H,20,21). The van der Waals surface area contributed by atoms with Gasteiger partial charge in [-0.1, -0.05) is 12.1 Å². The Hall–Kier alpha value is -3.75. The second-order valence-electron chi connectivity index (χ2n) is 6.04. The van der Waals surface area contributed by atoms with Gasteiger partial charge >= 0.3 is 0 Å². The van der Waals surface area contributed by atoms with Gasteiger partial charge in [-0.05, 0) is 17.7 Å². The number of hydrogen-bond donors (Lipinski definition) is 2. The summed E-state index contributed by atoms with van der Waals surface area (Å²) in [5.41, 5.74) is 2.29. The maximum Gasteiger partial charge on any atom is 0.270 e. The highest BCUT2D eigenvalue weighted by Gasteiger charge is 2.14. The quantitative estimate of drug-likeness (QED) is 0.475. The third-order valence-electron chi connectivity index (χ3n) is 4.33. The molecule has 0 aliphatic rings. The lowest BCUT2D eigenvalue weighted by atomic mass is 10.1. The number of phenols is 1. The SMILES string of the molecule is COc1cc(CNc2ncc(-c3cccc([N+](=O)[O-])c3)n2C)cc(OC)c1O. The predicted molar refractivity (Wildman–Crippen MR) is 104 cm³/mol. The smallest absolute Gasteiger partial charge is 0.270 e. The van der Waals surface area contributed by atoms with Gasteiger partial charge in [0.2, 0.25) is 11.7 Å². The average Bonchev–Trinajstić information content (AvgIpc) is 3.07. The van der Waals surface area contributed by atoms with E-state index in [0.717, 1.165) is 11.3 Å². The van der Waals surface area contributed by atoms with E-state index in [9.17, 15) is 15.2 Å². The zero-order valence-corrected chi connectivity index (χ0v) is 15.7. The molecule has 28 heavy (non-hydrogen) atoms. The minimum Gasteiger partial charge on any atom is -0.502 e. The molecule has 1 heterocycles. The van der Waals surface area contributed by atoms with Gasteiger partial charge in [-0.3, -0.25) is 10.1 Å². The van der Waals surface area contributed by atoms with Gasteiger partial charge in [0, 0.05) is 31.3 Å². The Kier molecular flexibility index (Phi) is 5.35. The summed E-state index contributed by atoms with van der Waals surface area (Å²) in [5, 5.41) is 24.2. The number of aromatic hydroxyl groups is 1. The summed E-state index contributed by atoms with van der Waals surface area (Å²) < 4.78 is 12.1. The third-order valence-corrected chi connectivity index (χ3v) is 4.33. The zero-order valence-electron chi connectivity index (χ0n) is 15.7. The van der Waals surface area contributed by atoms with E-state index in [1.54, 1.807) is 30.5 Å². The first-order chi connectivity index (χ1) is 13.4. The lowest BCUT2D eigenvalue weighted by Gasteiger charge is -2.12. The number of ether oxygens (including phenoxy) is 2. The van der Waals surface area contributed by atoms with E-state index in [1.165, 1.54) is 26.4 Å². The molecular weight excluding hydrogens is 364 g/mol. The number of imidazole rings is 1. The van der Waals surface area contributed by atoms with Crippen molar-refractivity contribution in [3.05, 3.63) is 58.3 Å². The number of rotatable bonds is 7. The maximum absolute atomic E-state index is 11.0. The number of anilines is 1. The Balaban J connectivity index is 1.82. The van der Waals surface area contributed by atoms with Gasteiger partial charge < -0.3 is 24.5 Å². The molecule has 0 unspecified atom stereocenters. The van der Waals surface area contributed by atoms with Crippen LogP contribution in [0.1, 0.15) is 5.56 Å². The molecule has 0 atom stereocenters. The fraction of sp³-hybridized carbons (Fsp3) is 0.211. The van der Waals surface area contributed by atoms with Gasteiger partial charge in [-0.15, -0.1) is 0 Å². The molecule has 0 fully saturated rings.